The molecule has 0 heterocycles. The van der Waals surface area contributed by atoms with E-state index in [1.807, 2.05) is 6.92 Å². The van der Waals surface area contributed by atoms with Crippen LogP contribution in [0.1, 0.15) is 43.0 Å². The monoisotopic (exact) mass is 434 g/mol. The van der Waals surface area contributed by atoms with E-state index in [2.05, 4.69) is 10.0 Å². The molecule has 2 aliphatic rings. The third-order valence-electron chi connectivity index (χ3n) is 6.38. The molecule has 0 aromatic heterocycles. The normalized spacial score (nSPS) is 24.0. The quantitative estimate of drug-likeness (QED) is 0.711. The smallest absolute Gasteiger partial charge is 0.255 e. The fourth-order valence-electron chi connectivity index (χ4n) is 4.86. The molecule has 4 unspecified atom stereocenters. The van der Waals surface area contributed by atoms with Gasteiger partial charge in [-0.1, -0.05) is 6.42 Å². The molecular weight excluding hydrogens is 410 g/mol. The van der Waals surface area contributed by atoms with Gasteiger partial charge in [0.1, 0.15) is 0 Å². The lowest BCUT2D eigenvalue weighted by atomic mass is 9.84. The molecule has 1 amide bonds. The molecule has 2 aromatic rings. The van der Waals surface area contributed by atoms with E-state index in [9.17, 15) is 22.0 Å². The minimum atomic E-state index is -3.68. The van der Waals surface area contributed by atoms with Gasteiger partial charge in [-0.05, 0) is 86.4 Å². The molecule has 0 aliphatic heterocycles. The fraction of sp³-hybridized carbons (Fsp3) is 0.409. The number of carbonyl (C=O) groups excluding carboxylic acids is 1. The van der Waals surface area contributed by atoms with E-state index >= 15 is 0 Å². The Balaban J connectivity index is 1.40. The van der Waals surface area contributed by atoms with Gasteiger partial charge in [0.25, 0.3) is 5.91 Å². The maximum Gasteiger partial charge on any atom is 0.255 e. The summed E-state index contributed by atoms with van der Waals surface area (Å²) in [6.45, 7) is 1.93. The zero-order chi connectivity index (χ0) is 21.5. The van der Waals surface area contributed by atoms with E-state index in [1.165, 1.54) is 49.6 Å². The number of fused-ring (bicyclic) bond motifs is 2. The van der Waals surface area contributed by atoms with Crippen LogP contribution in [-0.2, 0) is 10.0 Å². The van der Waals surface area contributed by atoms with Gasteiger partial charge in [0.15, 0.2) is 11.6 Å². The van der Waals surface area contributed by atoms with Gasteiger partial charge < -0.3 is 5.32 Å². The second-order valence-electron chi connectivity index (χ2n) is 8.36. The van der Waals surface area contributed by atoms with Crippen LogP contribution in [0.4, 0.5) is 14.5 Å². The Kier molecular flexibility index (Phi) is 5.63. The fourth-order valence-corrected chi connectivity index (χ4v) is 6.16. The Bertz CT molecular complexity index is 1060. The lowest BCUT2D eigenvalue weighted by Crippen LogP contribution is -2.40. The average Bonchev–Trinajstić information content (AvgIpc) is 3.34. The second-order valence-corrected chi connectivity index (χ2v) is 10.1. The number of nitrogens with one attached hydrogen (secondary N) is 2. The lowest BCUT2D eigenvalue weighted by Gasteiger charge is -2.28. The molecule has 160 valence electrons. The van der Waals surface area contributed by atoms with Crippen molar-refractivity contribution in [2.24, 2.45) is 17.8 Å². The second kappa shape index (κ2) is 8.07. The van der Waals surface area contributed by atoms with E-state index in [-0.39, 0.29) is 16.5 Å². The molecule has 4 rings (SSSR count). The number of halogens is 2. The van der Waals surface area contributed by atoms with Gasteiger partial charge in [-0.3, -0.25) is 4.79 Å². The van der Waals surface area contributed by atoms with Crippen molar-refractivity contribution in [3.8, 4) is 0 Å². The van der Waals surface area contributed by atoms with Crippen molar-refractivity contribution in [2.75, 3.05) is 5.32 Å². The Morgan fingerprint density at radius 2 is 1.77 bits per heavy atom. The first kappa shape index (κ1) is 20.9. The number of rotatable bonds is 6. The maximum atomic E-state index is 13.3. The van der Waals surface area contributed by atoms with Crippen LogP contribution in [0.25, 0.3) is 0 Å². The van der Waals surface area contributed by atoms with E-state index in [0.29, 0.717) is 17.5 Å². The molecule has 5 nitrogen and oxygen atoms in total. The summed E-state index contributed by atoms with van der Waals surface area (Å²) in [5.41, 5.74) is 0.316. The van der Waals surface area contributed by atoms with E-state index in [1.54, 1.807) is 0 Å². The average molecular weight is 435 g/mol. The van der Waals surface area contributed by atoms with Crippen molar-refractivity contribution in [1.82, 2.24) is 4.72 Å². The summed E-state index contributed by atoms with van der Waals surface area (Å²) in [6, 6.07) is 8.50. The summed E-state index contributed by atoms with van der Waals surface area (Å²) >= 11 is 0. The van der Waals surface area contributed by atoms with Gasteiger partial charge in [0.05, 0.1) is 4.90 Å². The summed E-state index contributed by atoms with van der Waals surface area (Å²) in [4.78, 5) is 12.3. The van der Waals surface area contributed by atoms with Crippen molar-refractivity contribution in [3.05, 3.63) is 59.7 Å². The summed E-state index contributed by atoms with van der Waals surface area (Å²) in [5.74, 6) is -1.03. The highest BCUT2D eigenvalue weighted by atomic mass is 32.2. The summed E-state index contributed by atoms with van der Waals surface area (Å²) in [6.07, 6.45) is 4.75. The Labute approximate surface area is 174 Å². The van der Waals surface area contributed by atoms with Gasteiger partial charge in [0.2, 0.25) is 10.0 Å². The standard InChI is InChI=1S/C22H24F2N2O3S/c1-13(19-11-14-2-3-15(19)10-14)26-30(28,29)18-7-5-17(6-8-18)25-22(27)16-4-9-20(23)21(24)12-16/h4-9,12-15,19,26H,2-3,10-11H2,1H3,(H,25,27). The molecule has 2 aliphatic carbocycles. The predicted molar refractivity (Wildman–Crippen MR) is 109 cm³/mol. The highest BCUT2D eigenvalue weighted by Crippen LogP contribution is 2.49. The first-order chi connectivity index (χ1) is 14.2. The van der Waals surface area contributed by atoms with Gasteiger partial charge in [0, 0.05) is 17.3 Å². The zero-order valence-electron chi connectivity index (χ0n) is 16.6. The number of hydrogen-bond acceptors (Lipinski definition) is 3. The topological polar surface area (TPSA) is 75.3 Å². The third kappa shape index (κ3) is 4.25. The van der Waals surface area contributed by atoms with Crippen LogP contribution in [0.3, 0.4) is 0 Å². The third-order valence-corrected chi connectivity index (χ3v) is 7.96. The lowest BCUT2D eigenvalue weighted by molar-refractivity contribution is 0.102. The van der Waals surface area contributed by atoms with Crippen molar-refractivity contribution in [2.45, 2.75) is 43.5 Å². The molecule has 0 radical (unpaired) electrons. The first-order valence-corrected chi connectivity index (χ1v) is 11.6. The zero-order valence-corrected chi connectivity index (χ0v) is 17.4. The Morgan fingerprint density at radius 3 is 2.37 bits per heavy atom. The van der Waals surface area contributed by atoms with Crippen LogP contribution in [-0.4, -0.2) is 20.4 Å². The molecule has 0 saturated heterocycles. The number of hydrogen-bond donors (Lipinski definition) is 2. The van der Waals surface area contributed by atoms with Crippen molar-refractivity contribution in [1.29, 1.82) is 0 Å². The SMILES string of the molecule is CC(NS(=O)(=O)c1ccc(NC(=O)c2ccc(F)c(F)c2)cc1)C1CC2CCC1C2. The van der Waals surface area contributed by atoms with Crippen LogP contribution >= 0.6 is 0 Å². The highest BCUT2D eigenvalue weighted by Gasteiger charge is 2.42. The number of carbonyl (C=O) groups is 1. The van der Waals surface area contributed by atoms with Crippen LogP contribution in [0, 0.1) is 29.4 Å². The van der Waals surface area contributed by atoms with Crippen molar-refractivity contribution < 1.29 is 22.0 Å². The molecule has 0 spiro atoms. The summed E-state index contributed by atoms with van der Waals surface area (Å²) < 4.78 is 54.6. The first-order valence-electron chi connectivity index (χ1n) is 10.1. The molecular formula is C22H24F2N2O3S. The predicted octanol–water partition coefficient (Wildman–Crippen LogP) is 4.32. The number of amides is 1. The van der Waals surface area contributed by atoms with Crippen LogP contribution in [0.2, 0.25) is 0 Å². The molecule has 2 aromatic carbocycles. The molecule has 30 heavy (non-hydrogen) atoms. The molecule has 2 saturated carbocycles. The van der Waals surface area contributed by atoms with E-state index in [0.717, 1.165) is 24.5 Å². The number of anilines is 1. The molecule has 4 atom stereocenters. The van der Waals surface area contributed by atoms with E-state index in [4.69, 9.17) is 0 Å². The molecule has 2 fully saturated rings. The molecule has 2 bridgehead atoms. The Morgan fingerprint density at radius 1 is 1.03 bits per heavy atom. The summed E-state index contributed by atoms with van der Waals surface area (Å²) in [5, 5.41) is 2.54. The van der Waals surface area contributed by atoms with Gasteiger partial charge >= 0.3 is 0 Å². The van der Waals surface area contributed by atoms with E-state index < -0.39 is 27.6 Å². The van der Waals surface area contributed by atoms with Crippen LogP contribution < -0.4 is 10.0 Å². The van der Waals surface area contributed by atoms with Crippen LogP contribution in [0.5, 0.6) is 0 Å². The molecule has 2 N–H and O–H groups in total. The van der Waals surface area contributed by atoms with Gasteiger partial charge in [-0.2, -0.15) is 0 Å². The van der Waals surface area contributed by atoms with Crippen LogP contribution in [0.15, 0.2) is 47.4 Å². The number of sulfonamides is 1. The highest BCUT2D eigenvalue weighted by molar-refractivity contribution is 7.89. The van der Waals surface area contributed by atoms with Crippen molar-refractivity contribution >= 4 is 21.6 Å². The minimum Gasteiger partial charge on any atom is -0.322 e. The summed E-state index contributed by atoms with van der Waals surface area (Å²) in [7, 11) is -3.68. The maximum absolute atomic E-state index is 13.3. The number of benzene rings is 2. The van der Waals surface area contributed by atoms with Crippen molar-refractivity contribution in [3.63, 3.8) is 0 Å². The Hall–Kier alpha value is -2.32. The van der Waals surface area contributed by atoms with Gasteiger partial charge in [-0.15, -0.1) is 0 Å². The largest absolute Gasteiger partial charge is 0.322 e. The minimum absolute atomic E-state index is 0.0352. The van der Waals surface area contributed by atoms with Gasteiger partial charge in [-0.25, -0.2) is 21.9 Å². The molecule has 8 heteroatoms.